The number of aromatic amines is 1. The molecule has 2 aromatic rings. The maximum absolute atomic E-state index is 11.8. The highest BCUT2D eigenvalue weighted by atomic mass is 35.5. The van der Waals surface area contributed by atoms with Crippen molar-refractivity contribution in [3.63, 3.8) is 0 Å². The number of nitrogens with one attached hydrogen (secondary N) is 1. The lowest BCUT2D eigenvalue weighted by atomic mass is 9.74. The van der Waals surface area contributed by atoms with E-state index in [2.05, 4.69) is 22.1 Å². The Kier molecular flexibility index (Phi) is 5.34. The molecule has 3 rings (SSSR count). The van der Waals surface area contributed by atoms with Crippen LogP contribution in [0.15, 0.2) is 36.7 Å². The van der Waals surface area contributed by atoms with Crippen molar-refractivity contribution in [2.45, 2.75) is 38.0 Å². The predicted octanol–water partition coefficient (Wildman–Crippen LogP) is 4.58. The summed E-state index contributed by atoms with van der Waals surface area (Å²) >= 11 is 5.99. The van der Waals surface area contributed by atoms with E-state index < -0.39 is 0 Å². The van der Waals surface area contributed by atoms with Gasteiger partial charge in [-0.05, 0) is 48.8 Å². The number of aromatic nitrogens is 2. The minimum Gasteiger partial charge on any atom is -0.460 e. The lowest BCUT2D eigenvalue weighted by Gasteiger charge is -2.32. The molecule has 0 aliphatic heterocycles. The summed E-state index contributed by atoms with van der Waals surface area (Å²) in [4.78, 5) is 18.5. The van der Waals surface area contributed by atoms with Gasteiger partial charge < -0.3 is 9.72 Å². The van der Waals surface area contributed by atoms with Crippen molar-refractivity contribution in [3.8, 4) is 0 Å². The summed E-state index contributed by atoms with van der Waals surface area (Å²) in [6.45, 7) is 0.439. The zero-order valence-corrected chi connectivity index (χ0v) is 13.8. The summed E-state index contributed by atoms with van der Waals surface area (Å²) in [7, 11) is 0. The summed E-state index contributed by atoms with van der Waals surface area (Å²) in [6, 6.07) is 8.17. The fourth-order valence-corrected chi connectivity index (χ4v) is 3.58. The van der Waals surface area contributed by atoms with Crippen LogP contribution in [0.2, 0.25) is 5.02 Å². The predicted molar refractivity (Wildman–Crippen MR) is 89.6 cm³/mol. The van der Waals surface area contributed by atoms with Gasteiger partial charge in [0.25, 0.3) is 0 Å². The first kappa shape index (κ1) is 16.1. The Balaban J connectivity index is 1.56. The van der Waals surface area contributed by atoms with Crippen molar-refractivity contribution in [2.75, 3.05) is 6.61 Å². The average Bonchev–Trinajstić information content (AvgIpc) is 3.11. The maximum Gasteiger partial charge on any atom is 0.374 e. The number of benzene rings is 1. The Hall–Kier alpha value is -1.81. The normalized spacial score (nSPS) is 21.1. The molecule has 1 aliphatic carbocycles. The Morgan fingerprint density at radius 2 is 2.04 bits per heavy atom. The summed E-state index contributed by atoms with van der Waals surface area (Å²) in [5.41, 5.74) is 1.34. The first-order chi connectivity index (χ1) is 11.2. The van der Waals surface area contributed by atoms with E-state index in [0.29, 0.717) is 18.4 Å². The molecule has 2 atom stereocenters. The molecule has 0 spiro atoms. The van der Waals surface area contributed by atoms with Gasteiger partial charge in [-0.2, -0.15) is 0 Å². The van der Waals surface area contributed by atoms with Crippen molar-refractivity contribution in [1.29, 1.82) is 0 Å². The molecule has 2 unspecified atom stereocenters. The van der Waals surface area contributed by atoms with Gasteiger partial charge >= 0.3 is 5.97 Å². The Morgan fingerprint density at radius 1 is 1.26 bits per heavy atom. The van der Waals surface area contributed by atoms with Gasteiger partial charge in [-0.25, -0.2) is 9.78 Å². The average molecular weight is 333 g/mol. The summed E-state index contributed by atoms with van der Waals surface area (Å²) in [5.74, 6) is 0.967. The number of hydrogen-bond acceptors (Lipinski definition) is 3. The zero-order valence-electron chi connectivity index (χ0n) is 13.0. The highest BCUT2D eigenvalue weighted by Gasteiger charge is 2.26. The molecular weight excluding hydrogens is 312 g/mol. The van der Waals surface area contributed by atoms with Crippen LogP contribution >= 0.6 is 11.6 Å². The molecular formula is C18H21ClN2O2. The second kappa shape index (κ2) is 7.64. The van der Waals surface area contributed by atoms with E-state index in [1.165, 1.54) is 31.2 Å². The smallest absolute Gasteiger partial charge is 0.374 e. The van der Waals surface area contributed by atoms with Crippen molar-refractivity contribution >= 4 is 17.6 Å². The molecule has 5 heteroatoms. The number of esters is 1. The molecule has 122 valence electrons. The van der Waals surface area contributed by atoms with Crippen LogP contribution in [-0.2, 0) is 4.74 Å². The number of ether oxygens (including phenoxy) is 1. The maximum atomic E-state index is 11.8. The summed E-state index contributed by atoms with van der Waals surface area (Å²) in [6.07, 6.45) is 8.95. The molecule has 4 nitrogen and oxygen atoms in total. The number of halogens is 1. The monoisotopic (exact) mass is 332 g/mol. The van der Waals surface area contributed by atoms with Crippen LogP contribution < -0.4 is 0 Å². The minimum absolute atomic E-state index is 0.267. The third-order valence-electron chi connectivity index (χ3n) is 4.62. The standard InChI is InChI=1S/C18H21ClN2O2/c19-15-7-5-14(6-8-15)16-4-2-1-3-13(16)9-12-23-18(22)17-20-10-11-21-17/h5-8,10-11,13,16H,1-4,9,12H2,(H,20,21). The van der Waals surface area contributed by atoms with Gasteiger partial charge in [0.1, 0.15) is 0 Å². The van der Waals surface area contributed by atoms with Crippen molar-refractivity contribution in [2.24, 2.45) is 5.92 Å². The van der Waals surface area contributed by atoms with Crippen LogP contribution in [-0.4, -0.2) is 22.5 Å². The van der Waals surface area contributed by atoms with E-state index in [9.17, 15) is 4.79 Å². The van der Waals surface area contributed by atoms with Gasteiger partial charge in [0.05, 0.1) is 6.61 Å². The van der Waals surface area contributed by atoms with Crippen LogP contribution in [0.5, 0.6) is 0 Å². The van der Waals surface area contributed by atoms with E-state index in [1.54, 1.807) is 12.4 Å². The van der Waals surface area contributed by atoms with E-state index >= 15 is 0 Å². The first-order valence-electron chi connectivity index (χ1n) is 8.16. The van der Waals surface area contributed by atoms with Crippen molar-refractivity contribution in [3.05, 3.63) is 53.1 Å². The van der Waals surface area contributed by atoms with E-state index in [4.69, 9.17) is 16.3 Å². The summed E-state index contributed by atoms with van der Waals surface area (Å²) in [5, 5.41) is 0.772. The number of imidazole rings is 1. The van der Waals surface area contributed by atoms with Crippen LogP contribution in [0.1, 0.15) is 54.2 Å². The number of nitrogens with zero attached hydrogens (tertiary/aromatic N) is 1. The van der Waals surface area contributed by atoms with Crippen LogP contribution in [0.25, 0.3) is 0 Å². The number of hydrogen-bond donors (Lipinski definition) is 1. The molecule has 0 amide bonds. The van der Waals surface area contributed by atoms with E-state index in [-0.39, 0.29) is 11.8 Å². The number of carbonyl (C=O) groups is 1. The topological polar surface area (TPSA) is 55.0 Å². The molecule has 0 saturated heterocycles. The lowest BCUT2D eigenvalue weighted by Crippen LogP contribution is -2.20. The Morgan fingerprint density at radius 3 is 2.78 bits per heavy atom. The van der Waals surface area contributed by atoms with E-state index in [1.807, 2.05) is 12.1 Å². The third kappa shape index (κ3) is 4.14. The molecule has 0 radical (unpaired) electrons. The minimum atomic E-state index is -0.381. The quantitative estimate of drug-likeness (QED) is 0.815. The molecule has 1 aromatic carbocycles. The highest BCUT2D eigenvalue weighted by molar-refractivity contribution is 6.30. The highest BCUT2D eigenvalue weighted by Crippen LogP contribution is 2.39. The fraction of sp³-hybridized carbons (Fsp3) is 0.444. The molecule has 1 aliphatic rings. The Bertz CT molecular complexity index is 625. The van der Waals surface area contributed by atoms with Crippen LogP contribution in [0, 0.1) is 5.92 Å². The molecule has 1 aromatic heterocycles. The van der Waals surface area contributed by atoms with Gasteiger partial charge in [0.15, 0.2) is 0 Å². The van der Waals surface area contributed by atoms with Gasteiger partial charge in [0.2, 0.25) is 5.82 Å². The Labute approximate surface area is 141 Å². The number of H-pyrrole nitrogens is 1. The SMILES string of the molecule is O=C(OCCC1CCCCC1c1ccc(Cl)cc1)c1ncc[nH]1. The van der Waals surface area contributed by atoms with E-state index in [0.717, 1.165) is 11.4 Å². The lowest BCUT2D eigenvalue weighted by molar-refractivity contribution is 0.0455. The molecule has 23 heavy (non-hydrogen) atoms. The molecule has 1 fully saturated rings. The number of carbonyl (C=O) groups excluding carboxylic acids is 1. The third-order valence-corrected chi connectivity index (χ3v) is 4.87. The van der Waals surface area contributed by atoms with Crippen molar-refractivity contribution in [1.82, 2.24) is 9.97 Å². The molecule has 1 saturated carbocycles. The van der Waals surface area contributed by atoms with Gasteiger partial charge in [-0.1, -0.05) is 36.6 Å². The second-order valence-corrected chi connectivity index (χ2v) is 6.50. The molecule has 1 N–H and O–H groups in total. The molecule has 0 bridgehead atoms. The summed E-state index contributed by atoms with van der Waals surface area (Å²) < 4.78 is 5.34. The van der Waals surface area contributed by atoms with Crippen LogP contribution in [0.4, 0.5) is 0 Å². The van der Waals surface area contributed by atoms with Gasteiger partial charge in [-0.15, -0.1) is 0 Å². The van der Waals surface area contributed by atoms with Gasteiger partial charge in [0, 0.05) is 17.4 Å². The molecule has 1 heterocycles. The van der Waals surface area contributed by atoms with Crippen LogP contribution in [0.3, 0.4) is 0 Å². The zero-order chi connectivity index (χ0) is 16.1. The first-order valence-corrected chi connectivity index (χ1v) is 8.54. The number of rotatable bonds is 5. The van der Waals surface area contributed by atoms with Crippen molar-refractivity contribution < 1.29 is 9.53 Å². The second-order valence-electron chi connectivity index (χ2n) is 6.06. The largest absolute Gasteiger partial charge is 0.460 e. The fourth-order valence-electron chi connectivity index (χ4n) is 3.45. The van der Waals surface area contributed by atoms with Gasteiger partial charge in [-0.3, -0.25) is 0 Å².